The van der Waals surface area contributed by atoms with Gasteiger partial charge in [0.05, 0.1) is 6.61 Å². The first-order valence-corrected chi connectivity index (χ1v) is 5.79. The van der Waals surface area contributed by atoms with Crippen LogP contribution in [0, 0.1) is 5.92 Å². The highest BCUT2D eigenvalue weighted by Gasteiger charge is 2.17. The average molecular weight is 214 g/mol. The SMILES string of the molecule is CC1CCCN(C(=O)COCCN)CC1. The Morgan fingerprint density at radius 2 is 2.27 bits per heavy atom. The fraction of sp³-hybridized carbons (Fsp3) is 0.909. The number of carbonyl (C=O) groups excluding carboxylic acids is 1. The molecule has 0 spiro atoms. The molecule has 1 saturated heterocycles. The summed E-state index contributed by atoms with van der Waals surface area (Å²) < 4.78 is 5.15. The van der Waals surface area contributed by atoms with Crippen LogP contribution in [0.25, 0.3) is 0 Å². The zero-order chi connectivity index (χ0) is 11.1. The molecule has 0 aromatic rings. The van der Waals surface area contributed by atoms with Crippen molar-refractivity contribution in [3.8, 4) is 0 Å². The summed E-state index contributed by atoms with van der Waals surface area (Å²) in [5.74, 6) is 0.852. The molecule has 0 aliphatic carbocycles. The minimum absolute atomic E-state index is 0.109. The number of nitrogens with two attached hydrogens (primary N) is 1. The number of rotatable bonds is 4. The zero-order valence-corrected chi connectivity index (χ0v) is 9.58. The van der Waals surface area contributed by atoms with Gasteiger partial charge in [0.15, 0.2) is 0 Å². The van der Waals surface area contributed by atoms with Crippen LogP contribution in [0.1, 0.15) is 26.2 Å². The van der Waals surface area contributed by atoms with Crippen LogP contribution in [0.15, 0.2) is 0 Å². The van der Waals surface area contributed by atoms with E-state index in [1.54, 1.807) is 0 Å². The van der Waals surface area contributed by atoms with Crippen molar-refractivity contribution in [3.05, 3.63) is 0 Å². The van der Waals surface area contributed by atoms with Gasteiger partial charge in [-0.05, 0) is 25.2 Å². The molecule has 4 heteroatoms. The van der Waals surface area contributed by atoms with Crippen molar-refractivity contribution in [2.24, 2.45) is 11.7 Å². The highest BCUT2D eigenvalue weighted by molar-refractivity contribution is 5.77. The van der Waals surface area contributed by atoms with E-state index in [2.05, 4.69) is 6.92 Å². The molecule has 1 aliphatic heterocycles. The monoisotopic (exact) mass is 214 g/mol. The summed E-state index contributed by atoms with van der Waals surface area (Å²) in [6.45, 7) is 5.14. The van der Waals surface area contributed by atoms with E-state index in [1.165, 1.54) is 6.42 Å². The molecule has 0 bridgehead atoms. The lowest BCUT2D eigenvalue weighted by Gasteiger charge is -2.20. The van der Waals surface area contributed by atoms with Crippen LogP contribution in [-0.4, -0.2) is 43.7 Å². The maximum atomic E-state index is 11.7. The van der Waals surface area contributed by atoms with E-state index >= 15 is 0 Å². The second-order valence-corrected chi connectivity index (χ2v) is 4.26. The topological polar surface area (TPSA) is 55.6 Å². The van der Waals surface area contributed by atoms with Gasteiger partial charge in [0, 0.05) is 19.6 Å². The van der Waals surface area contributed by atoms with Crippen molar-refractivity contribution < 1.29 is 9.53 Å². The van der Waals surface area contributed by atoms with Crippen molar-refractivity contribution in [1.82, 2.24) is 4.90 Å². The third-order valence-corrected chi connectivity index (χ3v) is 2.86. The van der Waals surface area contributed by atoms with Crippen LogP contribution in [0.4, 0.5) is 0 Å². The number of hydrogen-bond donors (Lipinski definition) is 1. The Labute approximate surface area is 91.8 Å². The van der Waals surface area contributed by atoms with E-state index in [-0.39, 0.29) is 12.5 Å². The standard InChI is InChI=1S/C11H22N2O2/c1-10-3-2-6-13(7-4-10)11(14)9-15-8-5-12/h10H,2-9,12H2,1H3. The molecular weight excluding hydrogens is 192 g/mol. The van der Waals surface area contributed by atoms with Crippen molar-refractivity contribution in [2.75, 3.05) is 32.8 Å². The average Bonchev–Trinajstić information content (AvgIpc) is 2.43. The summed E-state index contributed by atoms with van der Waals surface area (Å²) in [6.07, 6.45) is 3.46. The first kappa shape index (κ1) is 12.5. The molecule has 88 valence electrons. The Morgan fingerprint density at radius 1 is 1.47 bits per heavy atom. The lowest BCUT2D eigenvalue weighted by Crippen LogP contribution is -2.35. The summed E-state index contributed by atoms with van der Waals surface area (Å²) in [4.78, 5) is 13.6. The minimum Gasteiger partial charge on any atom is -0.370 e. The van der Waals surface area contributed by atoms with E-state index in [0.717, 1.165) is 31.8 Å². The summed E-state index contributed by atoms with van der Waals surface area (Å²) in [7, 11) is 0. The molecule has 1 atom stereocenters. The molecule has 1 amide bonds. The Balaban J connectivity index is 2.25. The van der Waals surface area contributed by atoms with Crippen molar-refractivity contribution in [3.63, 3.8) is 0 Å². The first-order valence-electron chi connectivity index (χ1n) is 5.79. The van der Waals surface area contributed by atoms with Crippen molar-refractivity contribution in [1.29, 1.82) is 0 Å². The Hall–Kier alpha value is -0.610. The summed E-state index contributed by atoms with van der Waals surface area (Å²) >= 11 is 0. The molecule has 2 N–H and O–H groups in total. The van der Waals surface area contributed by atoms with Gasteiger partial charge in [0.1, 0.15) is 6.61 Å². The highest BCUT2D eigenvalue weighted by atomic mass is 16.5. The Morgan fingerprint density at radius 3 is 3.00 bits per heavy atom. The summed E-state index contributed by atoms with van der Waals surface area (Å²) in [6, 6.07) is 0. The molecule has 0 aromatic heterocycles. The van der Waals surface area contributed by atoms with Gasteiger partial charge in [0.2, 0.25) is 5.91 Å². The maximum Gasteiger partial charge on any atom is 0.248 e. The molecule has 0 aromatic carbocycles. The van der Waals surface area contributed by atoms with Crippen LogP contribution >= 0.6 is 0 Å². The second kappa shape index (κ2) is 6.80. The van der Waals surface area contributed by atoms with E-state index in [9.17, 15) is 4.79 Å². The van der Waals surface area contributed by atoms with Gasteiger partial charge in [-0.15, -0.1) is 0 Å². The summed E-state index contributed by atoms with van der Waals surface area (Å²) in [5, 5.41) is 0. The normalized spacial score (nSPS) is 22.5. The first-order chi connectivity index (χ1) is 7.24. The third-order valence-electron chi connectivity index (χ3n) is 2.86. The molecule has 1 unspecified atom stereocenters. The third kappa shape index (κ3) is 4.62. The predicted molar refractivity (Wildman–Crippen MR) is 59.5 cm³/mol. The lowest BCUT2D eigenvalue weighted by molar-refractivity contribution is -0.136. The van der Waals surface area contributed by atoms with Gasteiger partial charge < -0.3 is 15.4 Å². The molecule has 1 aliphatic rings. The van der Waals surface area contributed by atoms with E-state index in [1.807, 2.05) is 4.90 Å². The van der Waals surface area contributed by atoms with E-state index in [0.29, 0.717) is 13.2 Å². The van der Waals surface area contributed by atoms with Crippen LogP contribution in [0.2, 0.25) is 0 Å². The molecule has 15 heavy (non-hydrogen) atoms. The molecular formula is C11H22N2O2. The van der Waals surface area contributed by atoms with Gasteiger partial charge in [-0.3, -0.25) is 4.79 Å². The molecule has 1 fully saturated rings. The van der Waals surface area contributed by atoms with Gasteiger partial charge in [-0.2, -0.15) is 0 Å². The second-order valence-electron chi connectivity index (χ2n) is 4.26. The van der Waals surface area contributed by atoms with Crippen LogP contribution in [0.3, 0.4) is 0 Å². The summed E-state index contributed by atoms with van der Waals surface area (Å²) in [5.41, 5.74) is 5.29. The molecule has 0 radical (unpaired) electrons. The highest BCUT2D eigenvalue weighted by Crippen LogP contribution is 2.16. The van der Waals surface area contributed by atoms with Crippen LogP contribution in [0.5, 0.6) is 0 Å². The number of likely N-dealkylation sites (tertiary alicyclic amines) is 1. The lowest BCUT2D eigenvalue weighted by atomic mass is 10.0. The number of nitrogens with zero attached hydrogens (tertiary/aromatic N) is 1. The molecule has 1 heterocycles. The predicted octanol–water partition coefficient (Wildman–Crippen LogP) is 0.610. The Bertz CT molecular complexity index is 197. The van der Waals surface area contributed by atoms with Gasteiger partial charge in [0.25, 0.3) is 0 Å². The largest absolute Gasteiger partial charge is 0.370 e. The molecule has 0 saturated carbocycles. The van der Waals surface area contributed by atoms with Crippen molar-refractivity contribution >= 4 is 5.91 Å². The molecule has 4 nitrogen and oxygen atoms in total. The Kier molecular flexibility index (Phi) is 5.65. The van der Waals surface area contributed by atoms with Crippen LogP contribution < -0.4 is 5.73 Å². The smallest absolute Gasteiger partial charge is 0.248 e. The van der Waals surface area contributed by atoms with Gasteiger partial charge >= 0.3 is 0 Å². The van der Waals surface area contributed by atoms with Crippen molar-refractivity contribution in [2.45, 2.75) is 26.2 Å². The number of hydrogen-bond acceptors (Lipinski definition) is 3. The molecule has 1 rings (SSSR count). The number of carbonyl (C=O) groups is 1. The van der Waals surface area contributed by atoms with Crippen LogP contribution in [-0.2, 0) is 9.53 Å². The fourth-order valence-corrected chi connectivity index (χ4v) is 1.85. The maximum absolute atomic E-state index is 11.7. The number of amides is 1. The minimum atomic E-state index is 0.109. The number of ether oxygens (including phenoxy) is 1. The zero-order valence-electron chi connectivity index (χ0n) is 9.58. The van der Waals surface area contributed by atoms with E-state index < -0.39 is 0 Å². The quantitative estimate of drug-likeness (QED) is 0.698. The van der Waals surface area contributed by atoms with E-state index in [4.69, 9.17) is 10.5 Å². The van der Waals surface area contributed by atoms with Gasteiger partial charge in [-0.1, -0.05) is 6.92 Å². The fourth-order valence-electron chi connectivity index (χ4n) is 1.85. The van der Waals surface area contributed by atoms with Gasteiger partial charge in [-0.25, -0.2) is 0 Å².